The molecule has 1 unspecified atom stereocenters. The van der Waals surface area contributed by atoms with Gasteiger partial charge in [0.15, 0.2) is 0 Å². The minimum absolute atomic E-state index is 0.00217. The van der Waals surface area contributed by atoms with E-state index in [1.54, 1.807) is 0 Å². The Morgan fingerprint density at radius 1 is 0.667 bits per heavy atom. The smallest absolute Gasteiger partial charge is 0.388 e. The monoisotopic (exact) mass is 420 g/mol. The van der Waals surface area contributed by atoms with Gasteiger partial charge in [0.25, 0.3) is 0 Å². The summed E-state index contributed by atoms with van der Waals surface area (Å²) >= 11 is 0. The third-order valence-electron chi connectivity index (χ3n) is 3.90. The molecular weight excluding hydrogens is 412 g/mol. The van der Waals surface area contributed by atoms with Crippen LogP contribution in [0.4, 0.5) is 52.7 Å². The molecule has 27 heavy (non-hydrogen) atoms. The molecule has 1 fully saturated rings. The number of rotatable bonds is 2. The fraction of sp³-hybridized carbons (Fsp3) is 0.571. The third-order valence-corrected chi connectivity index (χ3v) is 3.90. The number of aliphatic hydroxyl groups excluding tert-OH is 1. The molecule has 0 radical (unpaired) electrons. The Labute approximate surface area is 142 Å². The van der Waals surface area contributed by atoms with Crippen molar-refractivity contribution in [3.63, 3.8) is 0 Å². The molecule has 154 valence electrons. The lowest BCUT2D eigenvalue weighted by molar-refractivity contribution is -0.183. The molecule has 1 saturated carbocycles. The van der Waals surface area contributed by atoms with E-state index in [1.807, 2.05) is 0 Å². The number of benzene rings is 1. The molecule has 1 aliphatic carbocycles. The summed E-state index contributed by atoms with van der Waals surface area (Å²) in [5.41, 5.74) is -14.8. The summed E-state index contributed by atoms with van der Waals surface area (Å²) < 4.78 is 157. The zero-order chi connectivity index (χ0) is 21.2. The van der Waals surface area contributed by atoms with Crippen molar-refractivity contribution in [2.75, 3.05) is 0 Å². The van der Waals surface area contributed by atoms with Gasteiger partial charge in [0.2, 0.25) is 0 Å². The molecule has 1 atom stereocenters. The Morgan fingerprint density at radius 3 is 1.37 bits per heavy atom. The van der Waals surface area contributed by atoms with Crippen LogP contribution in [-0.2, 0) is 24.7 Å². The fourth-order valence-electron chi connectivity index (χ4n) is 2.71. The Hall–Kier alpha value is -1.66. The van der Waals surface area contributed by atoms with Gasteiger partial charge in [-0.05, 0) is 30.4 Å². The quantitative estimate of drug-likeness (QED) is 0.565. The number of aliphatic hydroxyl groups is 1. The van der Waals surface area contributed by atoms with E-state index in [-0.39, 0.29) is 12.8 Å². The molecule has 0 bridgehead atoms. The topological polar surface area (TPSA) is 20.2 Å². The van der Waals surface area contributed by atoms with Crippen LogP contribution in [0.2, 0.25) is 0 Å². The van der Waals surface area contributed by atoms with Crippen LogP contribution in [0.25, 0.3) is 0 Å². The SMILES string of the molecule is OC(c1cc(C(F)(F)F)c(C(F)(F)F)c(C(F)(F)F)c1C(F)(F)F)C1CC1. The maximum absolute atomic E-state index is 13.2. The molecular formula is C14H8F12O. The van der Waals surface area contributed by atoms with Crippen molar-refractivity contribution >= 4 is 0 Å². The summed E-state index contributed by atoms with van der Waals surface area (Å²) in [7, 11) is 0. The predicted octanol–water partition coefficient (Wildman–Crippen LogP) is 6.21. The van der Waals surface area contributed by atoms with Crippen molar-refractivity contribution in [2.24, 2.45) is 5.92 Å². The normalized spacial score (nSPS) is 18.0. The molecule has 0 spiro atoms. The van der Waals surface area contributed by atoms with Crippen molar-refractivity contribution < 1.29 is 57.8 Å². The second-order valence-corrected chi connectivity index (χ2v) is 5.91. The minimum atomic E-state index is -6.42. The van der Waals surface area contributed by atoms with Gasteiger partial charge < -0.3 is 5.11 Å². The molecule has 0 saturated heterocycles. The first-order valence-electron chi connectivity index (χ1n) is 7.04. The maximum Gasteiger partial charge on any atom is 0.417 e. The molecule has 13 heteroatoms. The lowest BCUT2D eigenvalue weighted by Gasteiger charge is -2.28. The average molecular weight is 420 g/mol. The molecule has 0 amide bonds. The van der Waals surface area contributed by atoms with Gasteiger partial charge >= 0.3 is 24.7 Å². The van der Waals surface area contributed by atoms with E-state index in [2.05, 4.69) is 0 Å². The first-order chi connectivity index (χ1) is 11.9. The highest BCUT2D eigenvalue weighted by atomic mass is 19.4. The van der Waals surface area contributed by atoms with Crippen LogP contribution in [0, 0.1) is 5.92 Å². The highest BCUT2D eigenvalue weighted by molar-refractivity contribution is 5.52. The molecule has 0 heterocycles. The van der Waals surface area contributed by atoms with E-state index >= 15 is 0 Å². The number of hydrogen-bond acceptors (Lipinski definition) is 1. The van der Waals surface area contributed by atoms with Crippen LogP contribution in [0.3, 0.4) is 0 Å². The van der Waals surface area contributed by atoms with Gasteiger partial charge in [0, 0.05) is 0 Å². The molecule has 2 rings (SSSR count). The Balaban J connectivity index is 3.08. The predicted molar refractivity (Wildman–Crippen MR) is 64.1 cm³/mol. The molecule has 1 N–H and O–H groups in total. The summed E-state index contributed by atoms with van der Waals surface area (Å²) in [6.07, 6.45) is -27.4. The van der Waals surface area contributed by atoms with Gasteiger partial charge in [-0.3, -0.25) is 0 Å². The number of hydrogen-bond donors (Lipinski definition) is 1. The standard InChI is InChI=1S/C14H8F12O/c15-11(16,17)6-3-5(10(27)4-1-2-4)7(12(18,19)20)9(14(24,25)26)8(6)13(21,22)23/h3-4,10,27H,1-2H2. The minimum Gasteiger partial charge on any atom is -0.388 e. The largest absolute Gasteiger partial charge is 0.417 e. The number of halogens is 12. The van der Waals surface area contributed by atoms with E-state index in [0.717, 1.165) is 0 Å². The van der Waals surface area contributed by atoms with Gasteiger partial charge in [-0.2, -0.15) is 52.7 Å². The maximum atomic E-state index is 13.2. The van der Waals surface area contributed by atoms with Gasteiger partial charge in [-0.25, -0.2) is 0 Å². The van der Waals surface area contributed by atoms with Crippen LogP contribution in [0.1, 0.15) is 46.8 Å². The van der Waals surface area contributed by atoms with Crippen molar-refractivity contribution in [1.29, 1.82) is 0 Å². The fourth-order valence-corrected chi connectivity index (χ4v) is 2.71. The van der Waals surface area contributed by atoms with E-state index in [0.29, 0.717) is 0 Å². The highest BCUT2D eigenvalue weighted by Gasteiger charge is 2.56. The van der Waals surface area contributed by atoms with Crippen molar-refractivity contribution in [1.82, 2.24) is 0 Å². The highest BCUT2D eigenvalue weighted by Crippen LogP contribution is 2.54. The van der Waals surface area contributed by atoms with Crippen molar-refractivity contribution in [3.05, 3.63) is 33.9 Å². The second kappa shape index (κ2) is 6.17. The van der Waals surface area contributed by atoms with Crippen LogP contribution >= 0.6 is 0 Å². The average Bonchev–Trinajstić information content (AvgIpc) is 3.24. The lowest BCUT2D eigenvalue weighted by Crippen LogP contribution is -2.29. The van der Waals surface area contributed by atoms with Gasteiger partial charge in [0.05, 0.1) is 28.4 Å². The first-order valence-corrected chi connectivity index (χ1v) is 7.04. The van der Waals surface area contributed by atoms with Crippen LogP contribution < -0.4 is 0 Å². The molecule has 0 aliphatic heterocycles. The Kier molecular flexibility index (Phi) is 4.95. The lowest BCUT2D eigenvalue weighted by atomic mass is 9.86. The molecule has 0 aromatic heterocycles. The van der Waals surface area contributed by atoms with Crippen LogP contribution in [0.15, 0.2) is 6.07 Å². The molecule has 1 aromatic carbocycles. The summed E-state index contributed by atoms with van der Waals surface area (Å²) in [4.78, 5) is 0. The third kappa shape index (κ3) is 4.27. The van der Waals surface area contributed by atoms with E-state index in [1.165, 1.54) is 0 Å². The summed E-state index contributed by atoms with van der Waals surface area (Å²) in [6, 6.07) is -0.691. The summed E-state index contributed by atoms with van der Waals surface area (Å²) in [5, 5.41) is 9.76. The Bertz CT molecular complexity index is 718. The van der Waals surface area contributed by atoms with Gasteiger partial charge in [-0.1, -0.05) is 0 Å². The zero-order valence-electron chi connectivity index (χ0n) is 12.6. The van der Waals surface area contributed by atoms with Crippen molar-refractivity contribution in [2.45, 2.75) is 43.7 Å². The zero-order valence-corrected chi connectivity index (χ0v) is 12.6. The van der Waals surface area contributed by atoms with Crippen LogP contribution in [0.5, 0.6) is 0 Å². The Morgan fingerprint density at radius 2 is 1.07 bits per heavy atom. The van der Waals surface area contributed by atoms with Gasteiger partial charge in [0.1, 0.15) is 0 Å². The molecule has 1 nitrogen and oxygen atoms in total. The first kappa shape index (κ1) is 21.6. The second-order valence-electron chi connectivity index (χ2n) is 5.91. The summed E-state index contributed by atoms with van der Waals surface area (Å²) in [6.45, 7) is 0. The van der Waals surface area contributed by atoms with E-state index in [9.17, 15) is 57.8 Å². The molecule has 1 aromatic rings. The van der Waals surface area contributed by atoms with E-state index < -0.39 is 70.6 Å². The van der Waals surface area contributed by atoms with Crippen LogP contribution in [-0.4, -0.2) is 5.11 Å². The number of alkyl halides is 12. The van der Waals surface area contributed by atoms with Gasteiger partial charge in [-0.15, -0.1) is 0 Å². The summed E-state index contributed by atoms with van der Waals surface area (Å²) in [5.74, 6) is -1.08. The van der Waals surface area contributed by atoms with Crippen molar-refractivity contribution in [3.8, 4) is 0 Å². The van der Waals surface area contributed by atoms with E-state index in [4.69, 9.17) is 0 Å². The molecule has 1 aliphatic rings.